The number of para-hydroxylation sites is 1. The van der Waals surface area contributed by atoms with Crippen LogP contribution in [-0.2, 0) is 0 Å². The molecule has 0 radical (unpaired) electrons. The van der Waals surface area contributed by atoms with Crippen LogP contribution in [0, 0.1) is 0 Å². The van der Waals surface area contributed by atoms with E-state index in [9.17, 15) is 0 Å². The van der Waals surface area contributed by atoms with E-state index in [1.165, 1.54) is 71.3 Å². The van der Waals surface area contributed by atoms with Crippen molar-refractivity contribution < 1.29 is 4.42 Å². The minimum absolute atomic E-state index is 0.909. The fourth-order valence-electron chi connectivity index (χ4n) is 7.91. The molecule has 0 amide bonds. The standard InChI is InChI=1S/C48H30O/c1-3-14-31(15-4-1)36-24-13-18-33-28-35(29-43(46(33)36)32-16-5-2-6-17-32)48-41-22-9-7-20-39(41)47(40-21-8-10-23-42(40)48)34-26-27-38-37-19-11-12-25-44(37)49-45(38)30-34/h1-30H. The number of furan rings is 1. The van der Waals surface area contributed by atoms with E-state index in [2.05, 4.69) is 170 Å². The minimum Gasteiger partial charge on any atom is -0.456 e. The van der Waals surface area contributed by atoms with Gasteiger partial charge in [0, 0.05) is 10.8 Å². The van der Waals surface area contributed by atoms with Crippen LogP contribution in [0.5, 0.6) is 0 Å². The summed E-state index contributed by atoms with van der Waals surface area (Å²) in [4.78, 5) is 0. The molecule has 1 nitrogen and oxygen atoms in total. The third-order valence-corrected chi connectivity index (χ3v) is 10.0. The second kappa shape index (κ2) is 11.1. The van der Waals surface area contributed by atoms with Crippen molar-refractivity contribution in [2.75, 3.05) is 0 Å². The molecule has 10 rings (SSSR count). The molecular weight excluding hydrogens is 593 g/mol. The van der Waals surface area contributed by atoms with Gasteiger partial charge in [0.05, 0.1) is 0 Å². The molecule has 0 aliphatic heterocycles. The van der Waals surface area contributed by atoms with Crippen molar-refractivity contribution in [3.05, 3.63) is 182 Å². The van der Waals surface area contributed by atoms with Crippen molar-refractivity contribution in [2.24, 2.45) is 0 Å². The average molecular weight is 623 g/mol. The van der Waals surface area contributed by atoms with Crippen LogP contribution in [0.15, 0.2) is 186 Å². The molecule has 9 aromatic carbocycles. The normalized spacial score (nSPS) is 11.7. The first-order chi connectivity index (χ1) is 24.3. The fraction of sp³-hybridized carbons (Fsp3) is 0. The van der Waals surface area contributed by atoms with Crippen molar-refractivity contribution in [2.45, 2.75) is 0 Å². The predicted molar refractivity (Wildman–Crippen MR) is 208 cm³/mol. The lowest BCUT2D eigenvalue weighted by Gasteiger charge is -2.20. The summed E-state index contributed by atoms with van der Waals surface area (Å²) in [5.74, 6) is 0. The molecule has 0 fully saturated rings. The topological polar surface area (TPSA) is 13.1 Å². The molecule has 0 bridgehead atoms. The molecule has 1 aromatic heterocycles. The molecule has 10 aromatic rings. The maximum atomic E-state index is 6.37. The quantitative estimate of drug-likeness (QED) is 0.178. The molecule has 0 aliphatic carbocycles. The molecule has 0 saturated heterocycles. The lowest BCUT2D eigenvalue weighted by atomic mass is 9.83. The number of rotatable bonds is 4. The fourth-order valence-corrected chi connectivity index (χ4v) is 7.91. The number of fused-ring (bicyclic) bond motifs is 6. The van der Waals surface area contributed by atoms with E-state index >= 15 is 0 Å². The summed E-state index contributed by atoms with van der Waals surface area (Å²) in [5.41, 5.74) is 11.6. The highest BCUT2D eigenvalue weighted by atomic mass is 16.3. The van der Waals surface area contributed by atoms with Gasteiger partial charge in [-0.2, -0.15) is 0 Å². The smallest absolute Gasteiger partial charge is 0.136 e. The van der Waals surface area contributed by atoms with Crippen LogP contribution in [0.3, 0.4) is 0 Å². The lowest BCUT2D eigenvalue weighted by Crippen LogP contribution is -1.93. The molecular formula is C48H30O. The Morgan fingerprint density at radius 3 is 1.47 bits per heavy atom. The molecule has 1 heterocycles. The van der Waals surface area contributed by atoms with Gasteiger partial charge >= 0.3 is 0 Å². The first-order valence-electron chi connectivity index (χ1n) is 16.8. The third-order valence-electron chi connectivity index (χ3n) is 10.0. The van der Waals surface area contributed by atoms with Crippen LogP contribution in [-0.4, -0.2) is 0 Å². The van der Waals surface area contributed by atoms with Gasteiger partial charge in [0.15, 0.2) is 0 Å². The van der Waals surface area contributed by atoms with E-state index in [0.29, 0.717) is 0 Å². The Morgan fingerprint density at radius 1 is 0.286 bits per heavy atom. The largest absolute Gasteiger partial charge is 0.456 e. The average Bonchev–Trinajstić information content (AvgIpc) is 3.55. The lowest BCUT2D eigenvalue weighted by molar-refractivity contribution is 0.669. The summed E-state index contributed by atoms with van der Waals surface area (Å²) in [7, 11) is 0. The number of benzene rings is 9. The van der Waals surface area contributed by atoms with Crippen molar-refractivity contribution in [1.82, 2.24) is 0 Å². The van der Waals surface area contributed by atoms with E-state index in [4.69, 9.17) is 4.42 Å². The summed E-state index contributed by atoms with van der Waals surface area (Å²) in [5, 5.41) is 9.71. The monoisotopic (exact) mass is 622 g/mol. The van der Waals surface area contributed by atoms with Crippen molar-refractivity contribution >= 4 is 54.3 Å². The van der Waals surface area contributed by atoms with Crippen LogP contribution in [0.1, 0.15) is 0 Å². The van der Waals surface area contributed by atoms with E-state index in [-0.39, 0.29) is 0 Å². The second-order valence-electron chi connectivity index (χ2n) is 12.8. The van der Waals surface area contributed by atoms with Gasteiger partial charge in [-0.15, -0.1) is 0 Å². The van der Waals surface area contributed by atoms with Gasteiger partial charge in [-0.25, -0.2) is 0 Å². The molecule has 0 saturated carbocycles. The number of hydrogen-bond donors (Lipinski definition) is 0. The molecule has 0 aliphatic rings. The van der Waals surface area contributed by atoms with Gasteiger partial charge in [0.1, 0.15) is 11.2 Å². The van der Waals surface area contributed by atoms with E-state index in [1.807, 2.05) is 12.1 Å². The Kier molecular flexibility index (Phi) is 6.25. The Balaban J connectivity index is 1.28. The summed E-state index contributed by atoms with van der Waals surface area (Å²) >= 11 is 0. The zero-order valence-electron chi connectivity index (χ0n) is 26.7. The maximum Gasteiger partial charge on any atom is 0.136 e. The van der Waals surface area contributed by atoms with Crippen molar-refractivity contribution in [1.29, 1.82) is 0 Å². The Labute approximate surface area is 284 Å². The Bertz CT molecular complexity index is 2800. The van der Waals surface area contributed by atoms with Crippen LogP contribution in [0.25, 0.3) is 98.8 Å². The number of hydrogen-bond acceptors (Lipinski definition) is 1. The second-order valence-corrected chi connectivity index (χ2v) is 12.8. The first-order valence-corrected chi connectivity index (χ1v) is 16.8. The van der Waals surface area contributed by atoms with E-state index < -0.39 is 0 Å². The third kappa shape index (κ3) is 4.40. The molecule has 0 N–H and O–H groups in total. The zero-order chi connectivity index (χ0) is 32.3. The summed E-state index contributed by atoms with van der Waals surface area (Å²) in [6, 6.07) is 65.8. The van der Waals surface area contributed by atoms with E-state index in [0.717, 1.165) is 27.5 Å². The highest BCUT2D eigenvalue weighted by molar-refractivity contribution is 6.23. The molecule has 49 heavy (non-hydrogen) atoms. The maximum absolute atomic E-state index is 6.37. The van der Waals surface area contributed by atoms with Gasteiger partial charge in [-0.3, -0.25) is 0 Å². The minimum atomic E-state index is 0.909. The SMILES string of the molecule is c1ccc(-c2cccc3cc(-c4c5ccccc5c(-c5ccc6c(c5)oc5ccccc56)c5ccccc45)cc(-c4ccccc4)c23)cc1. The Hall–Kier alpha value is -6.44. The molecule has 0 unspecified atom stereocenters. The Morgan fingerprint density at radius 2 is 0.816 bits per heavy atom. The molecule has 0 atom stereocenters. The summed E-state index contributed by atoms with van der Waals surface area (Å²) in [6.45, 7) is 0. The van der Waals surface area contributed by atoms with Gasteiger partial charge < -0.3 is 4.42 Å². The van der Waals surface area contributed by atoms with Crippen LogP contribution in [0.4, 0.5) is 0 Å². The van der Waals surface area contributed by atoms with Gasteiger partial charge in [-0.1, -0.05) is 152 Å². The highest BCUT2D eigenvalue weighted by Crippen LogP contribution is 2.47. The van der Waals surface area contributed by atoms with Crippen LogP contribution < -0.4 is 0 Å². The van der Waals surface area contributed by atoms with Gasteiger partial charge in [-0.05, 0) is 107 Å². The molecule has 228 valence electrons. The van der Waals surface area contributed by atoms with E-state index in [1.54, 1.807) is 0 Å². The van der Waals surface area contributed by atoms with Crippen molar-refractivity contribution in [3.8, 4) is 44.5 Å². The zero-order valence-corrected chi connectivity index (χ0v) is 26.7. The van der Waals surface area contributed by atoms with Crippen LogP contribution in [0.2, 0.25) is 0 Å². The highest BCUT2D eigenvalue weighted by Gasteiger charge is 2.20. The summed E-state index contributed by atoms with van der Waals surface area (Å²) < 4.78 is 6.37. The molecule has 0 spiro atoms. The molecule has 1 heteroatoms. The predicted octanol–water partition coefficient (Wildman–Crippen LogP) is 13.7. The summed E-state index contributed by atoms with van der Waals surface area (Å²) in [6.07, 6.45) is 0. The van der Waals surface area contributed by atoms with Gasteiger partial charge in [0.2, 0.25) is 0 Å². The van der Waals surface area contributed by atoms with Gasteiger partial charge in [0.25, 0.3) is 0 Å². The van der Waals surface area contributed by atoms with Crippen molar-refractivity contribution in [3.63, 3.8) is 0 Å². The first kappa shape index (κ1) is 27.7. The van der Waals surface area contributed by atoms with Crippen LogP contribution >= 0.6 is 0 Å².